The molecule has 3 aliphatic rings. The zero-order valence-corrected chi connectivity index (χ0v) is 16.3. The van der Waals surface area contributed by atoms with Gasteiger partial charge in [-0.1, -0.05) is 12.1 Å². The molecule has 2 aliphatic carbocycles. The molecule has 8 heteroatoms. The van der Waals surface area contributed by atoms with E-state index in [-0.39, 0.29) is 35.5 Å². The van der Waals surface area contributed by atoms with E-state index < -0.39 is 25.0 Å². The second kappa shape index (κ2) is 7.85. The number of nitrogens with zero attached hydrogens (tertiary/aromatic N) is 1. The molecular formula is C21H24N2O6. The maximum absolute atomic E-state index is 12.6. The number of para-hydroxylation sites is 2. The summed E-state index contributed by atoms with van der Waals surface area (Å²) in [5.74, 6) is -1.33. The molecule has 4 atom stereocenters. The number of fused-ring (bicyclic) bond motifs is 5. The normalized spacial score (nSPS) is 27.1. The number of esters is 1. The van der Waals surface area contributed by atoms with E-state index in [9.17, 15) is 19.2 Å². The van der Waals surface area contributed by atoms with Gasteiger partial charge in [0.25, 0.3) is 5.91 Å². The third kappa shape index (κ3) is 3.59. The number of rotatable bonds is 7. The molecule has 1 N–H and O–H groups in total. The van der Waals surface area contributed by atoms with Crippen molar-refractivity contribution in [1.29, 1.82) is 0 Å². The highest BCUT2D eigenvalue weighted by Crippen LogP contribution is 2.56. The first-order valence-electron chi connectivity index (χ1n) is 10.0. The first-order valence-corrected chi connectivity index (χ1v) is 10.0. The Labute approximate surface area is 168 Å². The van der Waals surface area contributed by atoms with Crippen molar-refractivity contribution >= 4 is 29.4 Å². The van der Waals surface area contributed by atoms with Crippen LogP contribution in [0, 0.1) is 23.7 Å². The van der Waals surface area contributed by atoms with Crippen LogP contribution < -0.4 is 10.1 Å². The molecule has 1 aliphatic heterocycles. The standard InChI is InChI=1S/C21H24N2O6/c1-2-28-15-6-4-3-5-14(15)22-16(24)11-29-17(25)10-23-20(26)18-12-7-8-13(9-12)19(18)21(23)27/h3-6,12-13,18-19H,2,7-11H2,1H3,(H,22,24)/t12-,13+,18-,19-/m0/s1. The number of hydrogen-bond donors (Lipinski definition) is 1. The average Bonchev–Trinajstić information content (AvgIpc) is 3.38. The van der Waals surface area contributed by atoms with Gasteiger partial charge in [-0.15, -0.1) is 0 Å². The monoisotopic (exact) mass is 400 g/mol. The molecule has 29 heavy (non-hydrogen) atoms. The van der Waals surface area contributed by atoms with E-state index in [4.69, 9.17) is 9.47 Å². The predicted molar refractivity (Wildman–Crippen MR) is 102 cm³/mol. The maximum atomic E-state index is 12.6. The molecule has 0 aromatic heterocycles. The van der Waals surface area contributed by atoms with Crippen molar-refractivity contribution in [3.05, 3.63) is 24.3 Å². The van der Waals surface area contributed by atoms with Gasteiger partial charge in [-0.2, -0.15) is 0 Å². The minimum atomic E-state index is -0.771. The van der Waals surface area contributed by atoms with E-state index in [0.29, 0.717) is 18.0 Å². The Bertz CT molecular complexity index is 825. The number of likely N-dealkylation sites (tertiary alicyclic amines) is 1. The van der Waals surface area contributed by atoms with E-state index in [2.05, 4.69) is 5.32 Å². The van der Waals surface area contributed by atoms with E-state index in [1.807, 2.05) is 6.92 Å². The molecule has 0 radical (unpaired) electrons. The molecule has 154 valence electrons. The molecule has 1 aromatic carbocycles. The fourth-order valence-electron chi connectivity index (χ4n) is 4.98. The Morgan fingerprint density at radius 3 is 2.41 bits per heavy atom. The molecule has 8 nitrogen and oxygen atoms in total. The van der Waals surface area contributed by atoms with Crippen molar-refractivity contribution in [2.45, 2.75) is 26.2 Å². The van der Waals surface area contributed by atoms with Crippen LogP contribution in [-0.2, 0) is 23.9 Å². The van der Waals surface area contributed by atoms with Gasteiger partial charge >= 0.3 is 5.97 Å². The van der Waals surface area contributed by atoms with Gasteiger partial charge in [-0.05, 0) is 50.2 Å². The third-order valence-corrected chi connectivity index (χ3v) is 6.13. The third-order valence-electron chi connectivity index (χ3n) is 6.13. The molecule has 1 aromatic rings. The number of carbonyl (C=O) groups excluding carboxylic acids is 4. The summed E-state index contributed by atoms with van der Waals surface area (Å²) >= 11 is 0. The lowest BCUT2D eigenvalue weighted by Crippen LogP contribution is -2.38. The summed E-state index contributed by atoms with van der Waals surface area (Å²) in [6, 6.07) is 6.93. The van der Waals surface area contributed by atoms with Crippen molar-refractivity contribution in [3.63, 3.8) is 0 Å². The lowest BCUT2D eigenvalue weighted by molar-refractivity contribution is -0.154. The topological polar surface area (TPSA) is 102 Å². The molecular weight excluding hydrogens is 376 g/mol. The fraction of sp³-hybridized carbons (Fsp3) is 0.524. The van der Waals surface area contributed by atoms with E-state index in [0.717, 1.165) is 24.2 Å². The van der Waals surface area contributed by atoms with Gasteiger partial charge in [-0.25, -0.2) is 0 Å². The molecule has 2 saturated carbocycles. The zero-order chi connectivity index (χ0) is 20.5. The summed E-state index contributed by atoms with van der Waals surface area (Å²) in [7, 11) is 0. The lowest BCUT2D eigenvalue weighted by atomic mass is 9.81. The first kappa shape index (κ1) is 19.4. The molecule has 3 fully saturated rings. The number of imide groups is 1. The van der Waals surface area contributed by atoms with Crippen LogP contribution in [0.4, 0.5) is 5.69 Å². The van der Waals surface area contributed by atoms with Crippen LogP contribution in [0.1, 0.15) is 26.2 Å². The van der Waals surface area contributed by atoms with Gasteiger partial charge in [0.15, 0.2) is 6.61 Å². The second-order valence-electron chi connectivity index (χ2n) is 7.79. The van der Waals surface area contributed by atoms with Gasteiger partial charge in [0.1, 0.15) is 12.3 Å². The highest BCUT2D eigenvalue weighted by atomic mass is 16.5. The molecule has 2 bridgehead atoms. The molecule has 0 unspecified atom stereocenters. The van der Waals surface area contributed by atoms with Crippen LogP contribution in [-0.4, -0.2) is 48.3 Å². The smallest absolute Gasteiger partial charge is 0.326 e. The van der Waals surface area contributed by atoms with Crippen LogP contribution in [0.2, 0.25) is 0 Å². The van der Waals surface area contributed by atoms with Crippen molar-refractivity contribution < 1.29 is 28.7 Å². The van der Waals surface area contributed by atoms with Gasteiger partial charge in [0, 0.05) is 0 Å². The summed E-state index contributed by atoms with van der Waals surface area (Å²) in [5.41, 5.74) is 0.476. The average molecular weight is 400 g/mol. The zero-order valence-electron chi connectivity index (χ0n) is 16.3. The summed E-state index contributed by atoms with van der Waals surface area (Å²) in [6.45, 7) is 1.34. The van der Waals surface area contributed by atoms with Crippen LogP contribution in [0.25, 0.3) is 0 Å². The van der Waals surface area contributed by atoms with Crippen LogP contribution in [0.3, 0.4) is 0 Å². The van der Waals surface area contributed by atoms with E-state index in [1.54, 1.807) is 24.3 Å². The van der Waals surface area contributed by atoms with Gasteiger partial charge in [0.2, 0.25) is 11.8 Å². The van der Waals surface area contributed by atoms with E-state index in [1.165, 1.54) is 0 Å². The Morgan fingerprint density at radius 2 is 1.76 bits per heavy atom. The summed E-state index contributed by atoms with van der Waals surface area (Å²) in [6.07, 6.45) is 2.90. The predicted octanol–water partition coefficient (Wildman–Crippen LogP) is 1.60. The highest BCUT2D eigenvalue weighted by molar-refractivity contribution is 6.08. The van der Waals surface area contributed by atoms with Crippen molar-refractivity contribution in [2.75, 3.05) is 25.1 Å². The first-order chi connectivity index (χ1) is 14.0. The number of anilines is 1. The number of ether oxygens (including phenoxy) is 2. The van der Waals surface area contributed by atoms with Crippen molar-refractivity contribution in [2.24, 2.45) is 23.7 Å². The minimum absolute atomic E-state index is 0.263. The Morgan fingerprint density at radius 1 is 1.10 bits per heavy atom. The molecule has 3 amide bonds. The molecule has 0 spiro atoms. The summed E-state index contributed by atoms with van der Waals surface area (Å²) in [4.78, 5) is 50.5. The number of hydrogen-bond acceptors (Lipinski definition) is 6. The van der Waals surface area contributed by atoms with Gasteiger partial charge in [-0.3, -0.25) is 24.1 Å². The fourth-order valence-corrected chi connectivity index (χ4v) is 4.98. The number of benzene rings is 1. The maximum Gasteiger partial charge on any atom is 0.326 e. The lowest BCUT2D eigenvalue weighted by Gasteiger charge is -2.19. The Balaban J connectivity index is 1.29. The van der Waals surface area contributed by atoms with Crippen molar-refractivity contribution in [3.8, 4) is 5.75 Å². The summed E-state index contributed by atoms with van der Waals surface area (Å²) < 4.78 is 10.4. The van der Waals surface area contributed by atoms with Crippen molar-refractivity contribution in [1.82, 2.24) is 4.90 Å². The van der Waals surface area contributed by atoms with Crippen LogP contribution in [0.5, 0.6) is 5.75 Å². The summed E-state index contributed by atoms with van der Waals surface area (Å²) in [5, 5.41) is 2.63. The molecule has 1 heterocycles. The largest absolute Gasteiger partial charge is 0.492 e. The highest BCUT2D eigenvalue weighted by Gasteiger charge is 2.61. The second-order valence-corrected chi connectivity index (χ2v) is 7.79. The Kier molecular flexibility index (Phi) is 5.25. The number of nitrogens with one attached hydrogen (secondary N) is 1. The Hall–Kier alpha value is -2.90. The van der Waals surface area contributed by atoms with Gasteiger partial charge < -0.3 is 14.8 Å². The van der Waals surface area contributed by atoms with Crippen LogP contribution >= 0.6 is 0 Å². The van der Waals surface area contributed by atoms with E-state index >= 15 is 0 Å². The van der Waals surface area contributed by atoms with Gasteiger partial charge in [0.05, 0.1) is 24.1 Å². The number of amides is 3. The molecule has 1 saturated heterocycles. The van der Waals surface area contributed by atoms with Crippen LogP contribution in [0.15, 0.2) is 24.3 Å². The number of carbonyl (C=O) groups is 4. The quantitative estimate of drug-likeness (QED) is 0.551. The molecule has 4 rings (SSSR count). The minimum Gasteiger partial charge on any atom is -0.492 e. The SMILES string of the molecule is CCOc1ccccc1NC(=O)COC(=O)CN1C(=O)[C@H]2[C@@H]3CC[C@@H](C3)[C@@H]2C1=O.